The minimum Gasteiger partial charge on any atom is -0.489 e. The minimum atomic E-state index is -0.103. The molecule has 1 saturated carbocycles. The van der Waals surface area contributed by atoms with Crippen molar-refractivity contribution in [3.8, 4) is 11.5 Å². The van der Waals surface area contributed by atoms with Crippen LogP contribution in [0.4, 0.5) is 0 Å². The average Bonchev–Trinajstić information content (AvgIpc) is 2.67. The Kier molecular flexibility index (Phi) is 4.63. The molecule has 0 unspecified atom stereocenters. The quantitative estimate of drug-likeness (QED) is 0.879. The first-order valence-corrected chi connectivity index (χ1v) is 10.6. The summed E-state index contributed by atoms with van der Waals surface area (Å²) in [6.07, 6.45) is 10.2. The fourth-order valence-electron chi connectivity index (χ4n) is 4.73. The number of likely N-dealkylation sites (tertiary alicyclic amines) is 1. The summed E-state index contributed by atoms with van der Waals surface area (Å²) in [6, 6.07) is 10.4. The van der Waals surface area contributed by atoms with Crippen LogP contribution in [-0.4, -0.2) is 34.6 Å². The lowest BCUT2D eigenvalue weighted by Gasteiger charge is -2.48. The predicted molar refractivity (Wildman–Crippen MR) is 108 cm³/mol. The third-order valence-corrected chi connectivity index (χ3v) is 6.75. The van der Waals surface area contributed by atoms with Crippen LogP contribution in [0, 0.1) is 0 Å². The maximum absolute atomic E-state index is 11.4. The number of nitrogens with zero attached hydrogens (tertiary/aromatic N) is 1. The SMILES string of the molecule is O=c1cc(COc2ccc3c(c2)CCC2(CCN(C4CCC4)CC2)O3)cc[nH]1. The molecule has 3 aliphatic rings. The van der Waals surface area contributed by atoms with E-state index in [1.54, 1.807) is 12.3 Å². The van der Waals surface area contributed by atoms with Gasteiger partial charge in [-0.2, -0.15) is 0 Å². The fourth-order valence-corrected chi connectivity index (χ4v) is 4.73. The summed E-state index contributed by atoms with van der Waals surface area (Å²) in [4.78, 5) is 16.7. The smallest absolute Gasteiger partial charge is 0.248 e. The molecular formula is C23H28N2O3. The first-order chi connectivity index (χ1) is 13.7. The average molecular weight is 380 g/mol. The normalized spacial score (nSPS) is 21.6. The lowest BCUT2D eigenvalue weighted by Crippen LogP contribution is -2.53. The van der Waals surface area contributed by atoms with Crippen LogP contribution in [-0.2, 0) is 13.0 Å². The van der Waals surface area contributed by atoms with Crippen LogP contribution in [0.3, 0.4) is 0 Å². The van der Waals surface area contributed by atoms with Crippen LogP contribution in [0.1, 0.15) is 49.7 Å². The number of aryl methyl sites for hydroxylation is 1. The van der Waals surface area contributed by atoms with E-state index in [9.17, 15) is 4.79 Å². The van der Waals surface area contributed by atoms with Crippen molar-refractivity contribution < 1.29 is 9.47 Å². The van der Waals surface area contributed by atoms with E-state index in [0.29, 0.717) is 6.61 Å². The Hall–Kier alpha value is -2.27. The van der Waals surface area contributed by atoms with Gasteiger partial charge < -0.3 is 19.4 Å². The van der Waals surface area contributed by atoms with Crippen LogP contribution in [0.2, 0.25) is 0 Å². The van der Waals surface area contributed by atoms with E-state index in [1.165, 1.54) is 37.9 Å². The van der Waals surface area contributed by atoms with Gasteiger partial charge in [-0.05, 0) is 73.9 Å². The molecule has 3 heterocycles. The fraction of sp³-hybridized carbons (Fsp3) is 0.522. The van der Waals surface area contributed by atoms with Crippen molar-refractivity contribution in [2.75, 3.05) is 13.1 Å². The first kappa shape index (κ1) is 17.8. The summed E-state index contributed by atoms with van der Waals surface area (Å²) in [7, 11) is 0. The number of aromatic amines is 1. The zero-order chi connectivity index (χ0) is 19.0. The highest BCUT2D eigenvalue weighted by Gasteiger charge is 2.41. The molecule has 2 fully saturated rings. The molecule has 0 radical (unpaired) electrons. The van der Waals surface area contributed by atoms with Gasteiger partial charge in [-0.3, -0.25) is 4.79 Å². The van der Waals surface area contributed by atoms with E-state index in [4.69, 9.17) is 9.47 Å². The van der Waals surface area contributed by atoms with Crippen molar-refractivity contribution in [3.05, 3.63) is 58.0 Å². The number of pyridine rings is 1. The number of piperidine rings is 1. The number of fused-ring (bicyclic) bond motifs is 1. The van der Waals surface area contributed by atoms with Crippen LogP contribution in [0.15, 0.2) is 41.3 Å². The Labute approximate surface area is 165 Å². The highest BCUT2D eigenvalue weighted by Crippen LogP contribution is 2.41. The van der Waals surface area contributed by atoms with E-state index >= 15 is 0 Å². The Morgan fingerprint density at radius 2 is 2.00 bits per heavy atom. The molecule has 5 rings (SSSR count). The molecular weight excluding hydrogens is 352 g/mol. The van der Waals surface area contributed by atoms with Crippen LogP contribution >= 0.6 is 0 Å². The molecule has 1 N–H and O–H groups in total. The Bertz CT molecular complexity index is 895. The van der Waals surface area contributed by atoms with Gasteiger partial charge >= 0.3 is 0 Å². The van der Waals surface area contributed by atoms with Crippen molar-refractivity contribution in [1.29, 1.82) is 0 Å². The lowest BCUT2D eigenvalue weighted by atomic mass is 9.81. The Balaban J connectivity index is 1.22. The Morgan fingerprint density at radius 3 is 2.75 bits per heavy atom. The van der Waals surface area contributed by atoms with Gasteiger partial charge in [0.25, 0.3) is 0 Å². The zero-order valence-electron chi connectivity index (χ0n) is 16.3. The van der Waals surface area contributed by atoms with E-state index in [2.05, 4.69) is 22.0 Å². The van der Waals surface area contributed by atoms with Gasteiger partial charge in [0.1, 0.15) is 23.7 Å². The third kappa shape index (κ3) is 3.55. The minimum absolute atomic E-state index is 0.0285. The summed E-state index contributed by atoms with van der Waals surface area (Å²) in [6.45, 7) is 2.75. The molecule has 2 aromatic rings. The molecule has 1 aromatic heterocycles. The summed E-state index contributed by atoms with van der Waals surface area (Å²) in [5, 5.41) is 0. The predicted octanol–water partition coefficient (Wildman–Crippen LogP) is 3.67. The van der Waals surface area contributed by atoms with Gasteiger partial charge in [-0.1, -0.05) is 6.42 Å². The molecule has 0 amide bonds. The van der Waals surface area contributed by atoms with Gasteiger partial charge in [0.05, 0.1) is 0 Å². The van der Waals surface area contributed by atoms with Crippen molar-refractivity contribution in [2.45, 2.75) is 63.2 Å². The highest BCUT2D eigenvalue weighted by atomic mass is 16.5. The molecule has 5 heteroatoms. The molecule has 1 spiro atoms. The maximum Gasteiger partial charge on any atom is 0.248 e. The number of H-pyrrole nitrogens is 1. The van der Waals surface area contributed by atoms with E-state index in [0.717, 1.165) is 48.8 Å². The number of nitrogens with one attached hydrogen (secondary N) is 1. The number of hydrogen-bond donors (Lipinski definition) is 1. The molecule has 0 bridgehead atoms. The number of hydrogen-bond acceptors (Lipinski definition) is 4. The van der Waals surface area contributed by atoms with Crippen LogP contribution in [0.25, 0.3) is 0 Å². The molecule has 1 aromatic carbocycles. The molecule has 148 valence electrons. The van der Waals surface area contributed by atoms with E-state index in [1.807, 2.05) is 12.1 Å². The number of rotatable bonds is 4. The van der Waals surface area contributed by atoms with Crippen molar-refractivity contribution in [3.63, 3.8) is 0 Å². The van der Waals surface area contributed by atoms with Crippen molar-refractivity contribution in [1.82, 2.24) is 9.88 Å². The van der Waals surface area contributed by atoms with Gasteiger partial charge in [-0.25, -0.2) is 0 Å². The standard InChI is InChI=1S/C23H28N2O3/c26-22-14-17(7-11-24-22)16-27-20-4-5-21-18(15-20)6-8-23(28-21)9-12-25(13-10-23)19-2-1-3-19/h4-5,7,11,14-15,19H,1-3,6,8-10,12-13,16H2,(H,24,26). The number of aromatic nitrogens is 1. The summed E-state index contributed by atoms with van der Waals surface area (Å²) in [5.41, 5.74) is 2.03. The topological polar surface area (TPSA) is 54.6 Å². The van der Waals surface area contributed by atoms with Gasteiger partial charge in [-0.15, -0.1) is 0 Å². The number of ether oxygens (including phenoxy) is 2. The van der Waals surface area contributed by atoms with Crippen molar-refractivity contribution in [2.24, 2.45) is 0 Å². The van der Waals surface area contributed by atoms with Gasteiger partial charge in [0.15, 0.2) is 0 Å². The van der Waals surface area contributed by atoms with Crippen LogP contribution in [0.5, 0.6) is 11.5 Å². The second kappa shape index (κ2) is 7.28. The third-order valence-electron chi connectivity index (χ3n) is 6.75. The molecule has 28 heavy (non-hydrogen) atoms. The molecule has 5 nitrogen and oxygen atoms in total. The summed E-state index contributed by atoms with van der Waals surface area (Å²) in [5.74, 6) is 1.85. The summed E-state index contributed by atoms with van der Waals surface area (Å²) >= 11 is 0. The number of benzene rings is 1. The second-order valence-electron chi connectivity index (χ2n) is 8.53. The first-order valence-electron chi connectivity index (χ1n) is 10.6. The van der Waals surface area contributed by atoms with Gasteiger partial charge in [0.2, 0.25) is 5.56 Å². The summed E-state index contributed by atoms with van der Waals surface area (Å²) < 4.78 is 12.4. The maximum atomic E-state index is 11.4. The second-order valence-corrected chi connectivity index (χ2v) is 8.53. The lowest BCUT2D eigenvalue weighted by molar-refractivity contribution is -0.0337. The molecule has 2 aliphatic heterocycles. The van der Waals surface area contributed by atoms with E-state index < -0.39 is 0 Å². The largest absolute Gasteiger partial charge is 0.489 e. The molecule has 1 aliphatic carbocycles. The Morgan fingerprint density at radius 1 is 1.14 bits per heavy atom. The molecule has 1 saturated heterocycles. The zero-order valence-corrected chi connectivity index (χ0v) is 16.3. The van der Waals surface area contributed by atoms with E-state index in [-0.39, 0.29) is 11.2 Å². The molecule has 0 atom stereocenters. The monoisotopic (exact) mass is 380 g/mol. The van der Waals surface area contributed by atoms with Crippen LogP contribution < -0.4 is 15.0 Å². The van der Waals surface area contributed by atoms with Crippen molar-refractivity contribution >= 4 is 0 Å². The van der Waals surface area contributed by atoms with Gasteiger partial charge in [0, 0.05) is 31.4 Å². The highest BCUT2D eigenvalue weighted by molar-refractivity contribution is 5.42.